The summed E-state index contributed by atoms with van der Waals surface area (Å²) in [5, 5.41) is 29.9. The zero-order valence-corrected chi connectivity index (χ0v) is 5.86. The smallest absolute Gasteiger partial charge is 0.107 e. The SMILES string of the molecule is C[C@H]1NC(O)C[C@H](O)[C@@H]1O. The summed E-state index contributed by atoms with van der Waals surface area (Å²) in [6.07, 6.45) is -2.05. The molecule has 0 radical (unpaired) electrons. The number of rotatable bonds is 0. The first kappa shape index (κ1) is 7.94. The lowest BCUT2D eigenvalue weighted by atomic mass is 9.99. The Morgan fingerprint density at radius 1 is 1.30 bits per heavy atom. The highest BCUT2D eigenvalue weighted by molar-refractivity contribution is 4.85. The summed E-state index contributed by atoms with van der Waals surface area (Å²) in [7, 11) is 0. The number of hydrogen-bond acceptors (Lipinski definition) is 4. The molecule has 0 spiro atoms. The van der Waals surface area contributed by atoms with Crippen LogP contribution >= 0.6 is 0 Å². The van der Waals surface area contributed by atoms with Crippen LogP contribution in [0.2, 0.25) is 0 Å². The van der Waals surface area contributed by atoms with E-state index in [1.54, 1.807) is 6.92 Å². The van der Waals surface area contributed by atoms with Crippen molar-refractivity contribution in [2.45, 2.75) is 37.8 Å². The maximum absolute atomic E-state index is 9.14. The Kier molecular flexibility index (Phi) is 2.25. The van der Waals surface area contributed by atoms with Gasteiger partial charge in [-0.25, -0.2) is 0 Å². The van der Waals surface area contributed by atoms with Gasteiger partial charge < -0.3 is 15.3 Å². The molecule has 4 atom stereocenters. The van der Waals surface area contributed by atoms with Crippen molar-refractivity contribution in [1.29, 1.82) is 0 Å². The van der Waals surface area contributed by atoms with Gasteiger partial charge in [-0.2, -0.15) is 0 Å². The molecule has 0 saturated carbocycles. The quantitative estimate of drug-likeness (QED) is 0.333. The second kappa shape index (κ2) is 2.84. The molecule has 4 nitrogen and oxygen atoms in total. The second-order valence-electron chi connectivity index (χ2n) is 2.76. The van der Waals surface area contributed by atoms with Crippen molar-refractivity contribution in [2.75, 3.05) is 0 Å². The third-order valence-corrected chi connectivity index (χ3v) is 1.83. The van der Waals surface area contributed by atoms with Gasteiger partial charge in [0.25, 0.3) is 0 Å². The predicted molar refractivity (Wildman–Crippen MR) is 35.2 cm³/mol. The lowest BCUT2D eigenvalue weighted by molar-refractivity contribution is -0.0743. The van der Waals surface area contributed by atoms with Gasteiger partial charge in [-0.3, -0.25) is 5.32 Å². The monoisotopic (exact) mass is 147 g/mol. The van der Waals surface area contributed by atoms with Crippen molar-refractivity contribution < 1.29 is 15.3 Å². The molecular formula is C6H13NO3. The van der Waals surface area contributed by atoms with Gasteiger partial charge in [-0.1, -0.05) is 0 Å². The molecule has 1 heterocycles. The summed E-state index contributed by atoms with van der Waals surface area (Å²) in [6.45, 7) is 1.72. The zero-order chi connectivity index (χ0) is 7.72. The van der Waals surface area contributed by atoms with E-state index in [2.05, 4.69) is 5.32 Å². The lowest BCUT2D eigenvalue weighted by Gasteiger charge is -2.33. The normalized spacial score (nSPS) is 49.2. The molecule has 0 amide bonds. The molecule has 1 aliphatic heterocycles. The average Bonchev–Trinajstić information content (AvgIpc) is 1.82. The van der Waals surface area contributed by atoms with Crippen LogP contribution in [0, 0.1) is 0 Å². The molecule has 0 aliphatic carbocycles. The van der Waals surface area contributed by atoms with E-state index in [0.29, 0.717) is 0 Å². The minimum atomic E-state index is -0.800. The Bertz CT molecular complexity index is 108. The largest absolute Gasteiger partial charge is 0.390 e. The first-order valence-corrected chi connectivity index (χ1v) is 3.41. The summed E-state index contributed by atoms with van der Waals surface area (Å²) < 4.78 is 0. The Morgan fingerprint density at radius 2 is 1.90 bits per heavy atom. The highest BCUT2D eigenvalue weighted by atomic mass is 16.3. The van der Waals surface area contributed by atoms with Gasteiger partial charge in [0.05, 0.1) is 12.2 Å². The lowest BCUT2D eigenvalue weighted by Crippen LogP contribution is -2.55. The van der Waals surface area contributed by atoms with Gasteiger partial charge in [0, 0.05) is 12.5 Å². The fourth-order valence-corrected chi connectivity index (χ4v) is 1.17. The van der Waals surface area contributed by atoms with Gasteiger partial charge >= 0.3 is 0 Å². The van der Waals surface area contributed by atoms with Crippen molar-refractivity contribution in [3.8, 4) is 0 Å². The minimum absolute atomic E-state index is 0.200. The first-order valence-electron chi connectivity index (χ1n) is 3.41. The van der Waals surface area contributed by atoms with E-state index in [1.807, 2.05) is 0 Å². The predicted octanol–water partition coefficient (Wildman–Crippen LogP) is -1.59. The van der Waals surface area contributed by atoms with Crippen LogP contribution < -0.4 is 5.32 Å². The van der Waals surface area contributed by atoms with Crippen molar-refractivity contribution >= 4 is 0 Å². The van der Waals surface area contributed by atoms with Crippen LogP contribution in [0.25, 0.3) is 0 Å². The van der Waals surface area contributed by atoms with Crippen LogP contribution in [0.15, 0.2) is 0 Å². The summed E-state index contributed by atoms with van der Waals surface area (Å²) in [5.41, 5.74) is 0. The van der Waals surface area contributed by atoms with Crippen molar-refractivity contribution in [2.24, 2.45) is 0 Å². The maximum atomic E-state index is 9.14. The van der Waals surface area contributed by atoms with Crippen LogP contribution in [0.5, 0.6) is 0 Å². The van der Waals surface area contributed by atoms with Crippen LogP contribution in [0.1, 0.15) is 13.3 Å². The van der Waals surface area contributed by atoms with Crippen molar-refractivity contribution in [1.82, 2.24) is 5.32 Å². The van der Waals surface area contributed by atoms with Crippen LogP contribution in [0.4, 0.5) is 0 Å². The standard InChI is InChI=1S/C6H13NO3/c1-3-6(10)4(8)2-5(9)7-3/h3-10H,2H2,1H3/t3-,4+,5?,6-/m1/s1. The van der Waals surface area contributed by atoms with E-state index in [-0.39, 0.29) is 12.5 Å². The minimum Gasteiger partial charge on any atom is -0.390 e. The summed E-state index contributed by atoms with van der Waals surface area (Å²) in [5.74, 6) is 0. The third kappa shape index (κ3) is 1.46. The summed E-state index contributed by atoms with van der Waals surface area (Å²) in [4.78, 5) is 0. The molecule has 1 unspecified atom stereocenters. The van der Waals surface area contributed by atoms with Crippen LogP contribution in [-0.4, -0.2) is 39.8 Å². The van der Waals surface area contributed by atoms with Crippen molar-refractivity contribution in [3.05, 3.63) is 0 Å². The third-order valence-electron chi connectivity index (χ3n) is 1.83. The Hall–Kier alpha value is -0.160. The molecule has 0 aromatic rings. The van der Waals surface area contributed by atoms with Gasteiger partial charge in [0.1, 0.15) is 6.23 Å². The number of aliphatic hydroxyl groups is 3. The zero-order valence-electron chi connectivity index (χ0n) is 5.86. The van der Waals surface area contributed by atoms with Crippen molar-refractivity contribution in [3.63, 3.8) is 0 Å². The van der Waals surface area contributed by atoms with Gasteiger partial charge in [0.2, 0.25) is 0 Å². The van der Waals surface area contributed by atoms with Crippen LogP contribution in [0.3, 0.4) is 0 Å². The summed E-state index contributed by atoms with van der Waals surface area (Å²) >= 11 is 0. The molecule has 1 aliphatic rings. The molecule has 4 N–H and O–H groups in total. The fourth-order valence-electron chi connectivity index (χ4n) is 1.17. The Morgan fingerprint density at radius 3 is 2.40 bits per heavy atom. The molecular weight excluding hydrogens is 134 g/mol. The van der Waals surface area contributed by atoms with E-state index in [0.717, 1.165) is 0 Å². The molecule has 1 saturated heterocycles. The molecule has 10 heavy (non-hydrogen) atoms. The molecule has 1 rings (SSSR count). The Labute approximate surface area is 59.5 Å². The van der Waals surface area contributed by atoms with E-state index in [9.17, 15) is 0 Å². The van der Waals surface area contributed by atoms with Gasteiger partial charge in [-0.15, -0.1) is 0 Å². The van der Waals surface area contributed by atoms with E-state index < -0.39 is 18.4 Å². The molecule has 60 valence electrons. The van der Waals surface area contributed by atoms with E-state index >= 15 is 0 Å². The highest BCUT2D eigenvalue weighted by Gasteiger charge is 2.31. The summed E-state index contributed by atoms with van der Waals surface area (Å²) in [6, 6.07) is -0.237. The van der Waals surface area contributed by atoms with E-state index in [1.165, 1.54) is 0 Å². The number of piperidine rings is 1. The number of nitrogens with one attached hydrogen (secondary N) is 1. The molecule has 4 heteroatoms. The highest BCUT2D eigenvalue weighted by Crippen LogP contribution is 2.12. The second-order valence-corrected chi connectivity index (χ2v) is 2.76. The Balaban J connectivity index is 2.49. The van der Waals surface area contributed by atoms with Gasteiger partial charge in [-0.05, 0) is 6.92 Å². The molecule has 0 aromatic carbocycles. The maximum Gasteiger partial charge on any atom is 0.107 e. The van der Waals surface area contributed by atoms with Gasteiger partial charge in [0.15, 0.2) is 0 Å². The van der Waals surface area contributed by atoms with Crippen LogP contribution in [-0.2, 0) is 0 Å². The fraction of sp³-hybridized carbons (Fsp3) is 1.00. The molecule has 0 aromatic heterocycles. The van der Waals surface area contributed by atoms with E-state index in [4.69, 9.17) is 15.3 Å². The number of aliphatic hydroxyl groups excluding tert-OH is 3. The topological polar surface area (TPSA) is 72.7 Å². The first-order chi connectivity index (χ1) is 4.61. The number of hydrogen-bond donors (Lipinski definition) is 4. The average molecular weight is 147 g/mol. The molecule has 0 bridgehead atoms. The molecule has 1 fully saturated rings.